The number of hydrogen-bond donors (Lipinski definition) is 2. The van der Waals surface area contributed by atoms with Crippen LogP contribution in [0.5, 0.6) is 0 Å². The minimum atomic E-state index is -0.598. The summed E-state index contributed by atoms with van der Waals surface area (Å²) in [7, 11) is 3.11. The first-order valence-electron chi connectivity index (χ1n) is 4.61. The van der Waals surface area contributed by atoms with Crippen molar-refractivity contribution in [3.05, 3.63) is 16.4 Å². The Bertz CT molecular complexity index is 414. The maximum Gasteiger partial charge on any atom is 0.406 e. The lowest BCUT2D eigenvalue weighted by Gasteiger charge is -2.12. The molecule has 1 rings (SSSR count). The molecule has 8 heteroatoms. The Kier molecular flexibility index (Phi) is 3.44. The Morgan fingerprint density at radius 1 is 1.69 bits per heavy atom. The van der Waals surface area contributed by atoms with Crippen LogP contribution in [0.4, 0.5) is 11.6 Å². The van der Waals surface area contributed by atoms with Crippen LogP contribution in [-0.2, 0) is 11.8 Å². The van der Waals surface area contributed by atoms with E-state index in [1.54, 1.807) is 14.0 Å². The molecule has 0 fully saturated rings. The highest BCUT2D eigenvalue weighted by Crippen LogP contribution is 2.21. The Morgan fingerprint density at radius 2 is 2.31 bits per heavy atom. The van der Waals surface area contributed by atoms with Gasteiger partial charge in [-0.1, -0.05) is 0 Å². The van der Waals surface area contributed by atoms with Gasteiger partial charge in [-0.2, -0.15) is 0 Å². The Morgan fingerprint density at radius 3 is 2.81 bits per heavy atom. The van der Waals surface area contributed by atoms with Crippen LogP contribution in [0.3, 0.4) is 0 Å². The first-order valence-corrected chi connectivity index (χ1v) is 4.61. The minimum absolute atomic E-state index is 0.209. The number of aryl methyl sites for hydroxylation is 1. The second-order valence-electron chi connectivity index (χ2n) is 3.27. The van der Waals surface area contributed by atoms with E-state index in [1.807, 2.05) is 0 Å². The van der Waals surface area contributed by atoms with E-state index >= 15 is 0 Å². The third-order valence-corrected chi connectivity index (χ3v) is 2.08. The predicted molar refractivity (Wildman–Crippen MR) is 57.0 cm³/mol. The number of hydrogen-bond acceptors (Lipinski definition) is 5. The quantitative estimate of drug-likeness (QED) is 0.551. The Balaban J connectivity index is 2.92. The number of aromatic nitrogens is 2. The second-order valence-corrected chi connectivity index (χ2v) is 3.27. The SMILES string of the molecule is CNC(=O)C(C)Nc1c([N+](=O)[O-])ncn1C. The number of imidazole rings is 1. The third-order valence-electron chi connectivity index (χ3n) is 2.08. The van der Waals surface area contributed by atoms with E-state index in [2.05, 4.69) is 15.6 Å². The van der Waals surface area contributed by atoms with Gasteiger partial charge in [0, 0.05) is 14.1 Å². The summed E-state index contributed by atoms with van der Waals surface area (Å²) in [6.45, 7) is 1.61. The highest BCUT2D eigenvalue weighted by atomic mass is 16.6. The van der Waals surface area contributed by atoms with E-state index in [4.69, 9.17) is 0 Å². The molecule has 1 aromatic rings. The molecule has 1 atom stereocenters. The molecule has 1 unspecified atom stereocenters. The van der Waals surface area contributed by atoms with Crippen molar-refractivity contribution in [2.75, 3.05) is 12.4 Å². The highest BCUT2D eigenvalue weighted by Gasteiger charge is 2.23. The standard InChI is InChI=1S/C8H13N5O3/c1-5(8(14)9-2)11-7-6(13(15)16)10-4-12(7)3/h4-5,11H,1-3H3,(H,9,14). The molecule has 1 aromatic heterocycles. The molecular weight excluding hydrogens is 214 g/mol. The van der Waals surface area contributed by atoms with Gasteiger partial charge in [0.25, 0.3) is 0 Å². The molecule has 0 radical (unpaired) electrons. The molecule has 0 spiro atoms. The molecule has 88 valence electrons. The van der Waals surface area contributed by atoms with E-state index in [-0.39, 0.29) is 17.5 Å². The van der Waals surface area contributed by atoms with E-state index in [0.717, 1.165) is 0 Å². The summed E-state index contributed by atoms with van der Waals surface area (Å²) in [6, 6.07) is -0.570. The molecule has 0 aromatic carbocycles. The fourth-order valence-corrected chi connectivity index (χ4v) is 1.21. The van der Waals surface area contributed by atoms with Gasteiger partial charge < -0.3 is 20.7 Å². The van der Waals surface area contributed by atoms with Crippen molar-refractivity contribution < 1.29 is 9.72 Å². The normalized spacial score (nSPS) is 11.9. The largest absolute Gasteiger partial charge is 0.406 e. The Hall–Kier alpha value is -2.12. The Labute approximate surface area is 91.8 Å². The van der Waals surface area contributed by atoms with Crippen LogP contribution in [0.1, 0.15) is 6.92 Å². The number of rotatable bonds is 4. The molecule has 0 aliphatic carbocycles. The van der Waals surface area contributed by atoms with Gasteiger partial charge in [0.2, 0.25) is 18.1 Å². The number of nitrogens with zero attached hydrogens (tertiary/aromatic N) is 3. The monoisotopic (exact) mass is 227 g/mol. The molecule has 0 aliphatic rings. The van der Waals surface area contributed by atoms with Crippen molar-refractivity contribution >= 4 is 17.5 Å². The summed E-state index contributed by atoms with van der Waals surface area (Å²) < 4.78 is 1.46. The molecule has 1 heterocycles. The van der Waals surface area contributed by atoms with Gasteiger partial charge >= 0.3 is 5.82 Å². The molecule has 1 amide bonds. The van der Waals surface area contributed by atoms with Crippen molar-refractivity contribution in [3.63, 3.8) is 0 Å². The molecule has 0 saturated carbocycles. The maximum atomic E-state index is 11.3. The molecule has 2 N–H and O–H groups in total. The lowest BCUT2D eigenvalue weighted by molar-refractivity contribution is -0.388. The van der Waals surface area contributed by atoms with Crippen molar-refractivity contribution in [2.45, 2.75) is 13.0 Å². The van der Waals surface area contributed by atoms with E-state index in [1.165, 1.54) is 17.9 Å². The van der Waals surface area contributed by atoms with Gasteiger partial charge in [0.05, 0.1) is 0 Å². The topological polar surface area (TPSA) is 102 Å². The average molecular weight is 227 g/mol. The van der Waals surface area contributed by atoms with Crippen LogP contribution in [0.15, 0.2) is 6.33 Å². The maximum absolute atomic E-state index is 11.3. The number of anilines is 1. The molecule has 0 saturated heterocycles. The summed E-state index contributed by atoms with van der Waals surface area (Å²) in [6.07, 6.45) is 1.32. The number of nitrogens with one attached hydrogen (secondary N) is 2. The fraction of sp³-hybridized carbons (Fsp3) is 0.500. The first kappa shape index (κ1) is 12.0. The van der Waals surface area contributed by atoms with E-state index < -0.39 is 11.0 Å². The van der Waals surface area contributed by atoms with Crippen LogP contribution < -0.4 is 10.6 Å². The molecule has 8 nitrogen and oxygen atoms in total. The summed E-state index contributed by atoms with van der Waals surface area (Å²) >= 11 is 0. The predicted octanol–water partition coefficient (Wildman–Crippen LogP) is -0.125. The van der Waals surface area contributed by atoms with Gasteiger partial charge in [-0.3, -0.25) is 9.36 Å². The summed E-state index contributed by atoms with van der Waals surface area (Å²) in [5, 5.41) is 15.8. The van der Waals surface area contributed by atoms with Gasteiger partial charge in [-0.15, -0.1) is 0 Å². The summed E-state index contributed by atoms with van der Waals surface area (Å²) in [4.78, 5) is 24.9. The average Bonchev–Trinajstić information content (AvgIpc) is 2.59. The van der Waals surface area contributed by atoms with E-state index in [0.29, 0.717) is 0 Å². The third kappa shape index (κ3) is 2.27. The van der Waals surface area contributed by atoms with E-state index in [9.17, 15) is 14.9 Å². The number of nitro groups is 1. The van der Waals surface area contributed by atoms with Crippen LogP contribution in [0, 0.1) is 10.1 Å². The fourth-order valence-electron chi connectivity index (χ4n) is 1.21. The van der Waals surface area contributed by atoms with Crippen LogP contribution >= 0.6 is 0 Å². The summed E-state index contributed by atoms with van der Waals surface area (Å²) in [5.41, 5.74) is 0. The van der Waals surface area contributed by atoms with Crippen molar-refractivity contribution in [2.24, 2.45) is 7.05 Å². The zero-order chi connectivity index (χ0) is 12.3. The van der Waals surface area contributed by atoms with Crippen molar-refractivity contribution in [1.82, 2.24) is 14.9 Å². The molecule has 16 heavy (non-hydrogen) atoms. The second kappa shape index (κ2) is 4.60. The van der Waals surface area contributed by atoms with Gasteiger partial charge in [-0.25, -0.2) is 0 Å². The number of carbonyl (C=O) groups excluding carboxylic acids is 1. The minimum Gasteiger partial charge on any atom is -0.358 e. The number of amides is 1. The van der Waals surface area contributed by atoms with Gasteiger partial charge in [0.15, 0.2) is 0 Å². The lowest BCUT2D eigenvalue weighted by Crippen LogP contribution is -2.35. The smallest absolute Gasteiger partial charge is 0.358 e. The van der Waals surface area contributed by atoms with Gasteiger partial charge in [0.1, 0.15) is 6.04 Å². The number of carbonyl (C=O) groups is 1. The first-order chi connectivity index (χ1) is 7.47. The van der Waals surface area contributed by atoms with Crippen LogP contribution in [0.25, 0.3) is 0 Å². The molecular formula is C8H13N5O3. The number of likely N-dealkylation sites (N-methyl/N-ethyl adjacent to an activating group) is 1. The zero-order valence-electron chi connectivity index (χ0n) is 9.22. The molecule has 0 aliphatic heterocycles. The summed E-state index contributed by atoms with van der Waals surface area (Å²) in [5.74, 6) is -0.338. The van der Waals surface area contributed by atoms with Gasteiger partial charge in [-0.05, 0) is 16.8 Å². The van der Waals surface area contributed by atoms with Crippen LogP contribution in [-0.4, -0.2) is 33.5 Å². The lowest BCUT2D eigenvalue weighted by atomic mass is 10.3. The highest BCUT2D eigenvalue weighted by molar-refractivity contribution is 5.84. The molecule has 0 bridgehead atoms. The van der Waals surface area contributed by atoms with Crippen molar-refractivity contribution in [1.29, 1.82) is 0 Å². The van der Waals surface area contributed by atoms with Crippen molar-refractivity contribution in [3.8, 4) is 0 Å². The zero-order valence-corrected chi connectivity index (χ0v) is 9.22. The van der Waals surface area contributed by atoms with Crippen LogP contribution in [0.2, 0.25) is 0 Å².